The van der Waals surface area contributed by atoms with Crippen LogP contribution in [0.5, 0.6) is 0 Å². The van der Waals surface area contributed by atoms with E-state index in [0.717, 1.165) is 4.88 Å². The van der Waals surface area contributed by atoms with Gasteiger partial charge in [0, 0.05) is 17.3 Å². The molecule has 1 heterocycles. The number of rotatable bonds is 6. The normalized spacial score (nSPS) is 13.3. The third-order valence-electron chi connectivity index (χ3n) is 2.11. The van der Waals surface area contributed by atoms with Gasteiger partial charge < -0.3 is 10.6 Å². The molecule has 0 fully saturated rings. The van der Waals surface area contributed by atoms with Crippen LogP contribution in [0.3, 0.4) is 0 Å². The van der Waals surface area contributed by atoms with Gasteiger partial charge in [-0.15, -0.1) is 11.3 Å². The summed E-state index contributed by atoms with van der Waals surface area (Å²) < 4.78 is 35.5. The lowest BCUT2D eigenvalue weighted by atomic mass is 10.2. The van der Waals surface area contributed by atoms with Crippen LogP contribution < -0.4 is 10.6 Å². The van der Waals surface area contributed by atoms with E-state index in [4.69, 9.17) is 0 Å². The summed E-state index contributed by atoms with van der Waals surface area (Å²) in [6.45, 7) is 0.343. The highest BCUT2D eigenvalue weighted by molar-refractivity contribution is 7.09. The molecule has 2 N–H and O–H groups in total. The van der Waals surface area contributed by atoms with Crippen molar-refractivity contribution >= 4 is 17.2 Å². The first-order valence-corrected chi connectivity index (χ1v) is 6.34. The predicted octanol–water partition coefficient (Wildman–Crippen LogP) is 1.95. The summed E-state index contributed by atoms with van der Waals surface area (Å²) in [5.41, 5.74) is 0. The third-order valence-corrected chi connectivity index (χ3v) is 3.00. The smallest absolute Gasteiger partial charge is 0.352 e. The van der Waals surface area contributed by atoms with Gasteiger partial charge in [-0.3, -0.25) is 4.79 Å². The van der Waals surface area contributed by atoms with E-state index in [2.05, 4.69) is 10.6 Å². The standard InChI is InChI=1S/C11H15F3N2OS/c1-8(5-9-3-2-4-18-9)16-10(17)6-15-7-11(12,13)14/h2-4,8,15H,5-7H2,1H3,(H,16,17). The zero-order chi connectivity index (χ0) is 13.6. The molecule has 1 aromatic heterocycles. The van der Waals surface area contributed by atoms with E-state index < -0.39 is 18.6 Å². The van der Waals surface area contributed by atoms with Crippen molar-refractivity contribution in [2.75, 3.05) is 13.1 Å². The summed E-state index contributed by atoms with van der Waals surface area (Å²) in [4.78, 5) is 12.5. The molecule has 102 valence electrons. The second-order valence-electron chi connectivity index (χ2n) is 3.97. The van der Waals surface area contributed by atoms with Gasteiger partial charge in [-0.2, -0.15) is 13.2 Å². The average Bonchev–Trinajstić information content (AvgIpc) is 2.67. The minimum Gasteiger partial charge on any atom is -0.352 e. The van der Waals surface area contributed by atoms with Gasteiger partial charge in [0.05, 0.1) is 13.1 Å². The second kappa shape index (κ2) is 6.75. The van der Waals surface area contributed by atoms with Crippen LogP contribution in [-0.2, 0) is 11.2 Å². The molecule has 1 unspecified atom stereocenters. The number of carbonyl (C=O) groups excluding carboxylic acids is 1. The van der Waals surface area contributed by atoms with Crippen LogP contribution in [0.4, 0.5) is 13.2 Å². The minimum absolute atomic E-state index is 0.0937. The van der Waals surface area contributed by atoms with E-state index in [1.165, 1.54) is 0 Å². The van der Waals surface area contributed by atoms with Crippen LogP contribution in [0.25, 0.3) is 0 Å². The van der Waals surface area contributed by atoms with Gasteiger partial charge >= 0.3 is 6.18 Å². The Kier molecular flexibility index (Phi) is 5.61. The van der Waals surface area contributed by atoms with Gasteiger partial charge in [-0.1, -0.05) is 6.07 Å². The van der Waals surface area contributed by atoms with Gasteiger partial charge in [-0.05, 0) is 18.4 Å². The molecule has 0 saturated carbocycles. The Morgan fingerprint density at radius 3 is 2.78 bits per heavy atom. The molecule has 18 heavy (non-hydrogen) atoms. The predicted molar refractivity (Wildman–Crippen MR) is 64.6 cm³/mol. The van der Waals surface area contributed by atoms with Crippen molar-refractivity contribution in [3.8, 4) is 0 Å². The molecule has 1 rings (SSSR count). The zero-order valence-electron chi connectivity index (χ0n) is 9.88. The molecular weight excluding hydrogens is 265 g/mol. The van der Waals surface area contributed by atoms with Gasteiger partial charge in [0.2, 0.25) is 5.91 Å². The molecule has 0 aromatic carbocycles. The monoisotopic (exact) mass is 280 g/mol. The largest absolute Gasteiger partial charge is 0.401 e. The molecule has 0 bridgehead atoms. The summed E-state index contributed by atoms with van der Waals surface area (Å²) >= 11 is 1.58. The van der Waals surface area contributed by atoms with Crippen molar-refractivity contribution in [1.29, 1.82) is 0 Å². The summed E-state index contributed by atoms with van der Waals surface area (Å²) in [6.07, 6.45) is -3.61. The number of halogens is 3. The lowest BCUT2D eigenvalue weighted by molar-refractivity contribution is -0.128. The van der Waals surface area contributed by atoms with E-state index >= 15 is 0 Å². The Morgan fingerprint density at radius 2 is 2.22 bits per heavy atom. The quantitative estimate of drug-likeness (QED) is 0.836. The first-order chi connectivity index (χ1) is 8.37. The Morgan fingerprint density at radius 1 is 1.50 bits per heavy atom. The van der Waals surface area contributed by atoms with Crippen LogP contribution in [0, 0.1) is 0 Å². The van der Waals surface area contributed by atoms with Gasteiger partial charge in [-0.25, -0.2) is 0 Å². The lowest BCUT2D eigenvalue weighted by Crippen LogP contribution is -2.42. The molecule has 0 aliphatic carbocycles. The maximum Gasteiger partial charge on any atom is 0.401 e. The number of amides is 1. The van der Waals surface area contributed by atoms with Crippen molar-refractivity contribution in [2.24, 2.45) is 0 Å². The molecule has 0 radical (unpaired) electrons. The SMILES string of the molecule is CC(Cc1cccs1)NC(=O)CNCC(F)(F)F. The third kappa shape index (κ3) is 6.61. The van der Waals surface area contributed by atoms with E-state index in [9.17, 15) is 18.0 Å². The van der Waals surface area contributed by atoms with Gasteiger partial charge in [0.25, 0.3) is 0 Å². The molecule has 0 spiro atoms. The Hall–Kier alpha value is -1.08. The fourth-order valence-corrected chi connectivity index (χ4v) is 2.26. The van der Waals surface area contributed by atoms with Crippen LogP contribution in [0.2, 0.25) is 0 Å². The number of nitrogens with one attached hydrogen (secondary N) is 2. The lowest BCUT2D eigenvalue weighted by Gasteiger charge is -2.13. The maximum atomic E-state index is 11.8. The van der Waals surface area contributed by atoms with E-state index in [0.29, 0.717) is 6.42 Å². The average molecular weight is 280 g/mol. The molecule has 0 aliphatic heterocycles. The van der Waals surface area contributed by atoms with E-state index in [-0.39, 0.29) is 12.6 Å². The van der Waals surface area contributed by atoms with E-state index in [1.54, 1.807) is 11.3 Å². The topological polar surface area (TPSA) is 41.1 Å². The Bertz CT molecular complexity index is 365. The molecule has 1 aromatic rings. The van der Waals surface area contributed by atoms with Crippen molar-refractivity contribution in [2.45, 2.75) is 25.6 Å². The Labute approximate surface area is 107 Å². The highest BCUT2D eigenvalue weighted by Crippen LogP contribution is 2.12. The second-order valence-corrected chi connectivity index (χ2v) is 5.00. The van der Waals surface area contributed by atoms with Crippen LogP contribution in [0.15, 0.2) is 17.5 Å². The van der Waals surface area contributed by atoms with Crippen LogP contribution >= 0.6 is 11.3 Å². The van der Waals surface area contributed by atoms with Crippen molar-refractivity contribution in [1.82, 2.24) is 10.6 Å². The van der Waals surface area contributed by atoms with Gasteiger partial charge in [0.15, 0.2) is 0 Å². The number of hydrogen-bond acceptors (Lipinski definition) is 3. The van der Waals surface area contributed by atoms with E-state index in [1.807, 2.05) is 24.4 Å². The first-order valence-electron chi connectivity index (χ1n) is 5.46. The minimum atomic E-state index is -4.29. The van der Waals surface area contributed by atoms with Gasteiger partial charge in [0.1, 0.15) is 0 Å². The highest BCUT2D eigenvalue weighted by atomic mass is 32.1. The maximum absolute atomic E-state index is 11.8. The molecule has 3 nitrogen and oxygen atoms in total. The molecular formula is C11H15F3N2OS. The number of alkyl halides is 3. The molecule has 0 saturated heterocycles. The van der Waals surface area contributed by atoms with Crippen LogP contribution in [0.1, 0.15) is 11.8 Å². The number of carbonyl (C=O) groups is 1. The zero-order valence-corrected chi connectivity index (χ0v) is 10.7. The van der Waals surface area contributed by atoms with Crippen LogP contribution in [-0.4, -0.2) is 31.2 Å². The summed E-state index contributed by atoms with van der Waals surface area (Å²) in [6, 6.07) is 3.78. The fraction of sp³-hybridized carbons (Fsp3) is 0.545. The summed E-state index contributed by atoms with van der Waals surface area (Å²) in [5, 5.41) is 6.64. The molecule has 7 heteroatoms. The molecule has 0 aliphatic rings. The number of thiophene rings is 1. The van der Waals surface area contributed by atoms with Crippen molar-refractivity contribution in [3.63, 3.8) is 0 Å². The molecule has 1 amide bonds. The summed E-state index contributed by atoms with van der Waals surface area (Å²) in [5.74, 6) is -0.427. The Balaban J connectivity index is 2.19. The highest BCUT2D eigenvalue weighted by Gasteiger charge is 2.26. The van der Waals surface area contributed by atoms with Crippen molar-refractivity contribution < 1.29 is 18.0 Å². The fourth-order valence-electron chi connectivity index (χ4n) is 1.43. The molecule has 1 atom stereocenters. The summed E-state index contributed by atoms with van der Waals surface area (Å²) in [7, 11) is 0. The van der Waals surface area contributed by atoms with Crippen molar-refractivity contribution in [3.05, 3.63) is 22.4 Å². The first kappa shape index (κ1) is 15.0. The number of hydrogen-bond donors (Lipinski definition) is 2.